The molecule has 2 aliphatic heterocycles. The van der Waals surface area contributed by atoms with Gasteiger partial charge in [-0.15, -0.1) is 0 Å². The molecule has 0 aromatic heterocycles. The molecule has 0 fully saturated rings. The summed E-state index contributed by atoms with van der Waals surface area (Å²) in [6, 6.07) is 76.3. The van der Waals surface area contributed by atoms with Crippen LogP contribution < -0.4 is 26.2 Å². The van der Waals surface area contributed by atoms with Crippen molar-refractivity contribution >= 4 is 57.2 Å². The Morgan fingerprint density at radius 3 is 0.895 bits per heavy atom. The van der Waals surface area contributed by atoms with Crippen LogP contribution in [-0.2, 0) is 30.1 Å². The Kier molecular flexibility index (Phi) is 19.0. The van der Waals surface area contributed by atoms with E-state index in [2.05, 4.69) is 266 Å². The summed E-state index contributed by atoms with van der Waals surface area (Å²) in [4.78, 5) is 5.60. The minimum atomic E-state index is -0.105. The molecule has 0 unspecified atom stereocenters. The SMILES string of the molecule is CCCCCCCc1ccc2c(c1)N(c1c(-c3ccccc3)cc(C(C)(C)C)cc1-c1ccccc1)c1cc(CCCCCCC)cc3c1B2c1ccc(CCCCCCC)cc1N3c1c(-c2ccccc2)cc(C(C)(C)C)cc1-c1ccccc1. The van der Waals surface area contributed by atoms with E-state index in [0.29, 0.717) is 0 Å². The smallest absolute Gasteiger partial charge is 0.252 e. The molecule has 0 aliphatic carbocycles. The highest BCUT2D eigenvalue weighted by atomic mass is 15.2. The number of fused-ring (bicyclic) bond motifs is 4. The van der Waals surface area contributed by atoms with Gasteiger partial charge >= 0.3 is 0 Å². The lowest BCUT2D eigenvalue weighted by atomic mass is 9.33. The molecule has 9 aromatic carbocycles. The van der Waals surface area contributed by atoms with Gasteiger partial charge < -0.3 is 9.80 Å². The van der Waals surface area contributed by atoms with Gasteiger partial charge in [-0.05, 0) is 164 Å². The van der Waals surface area contributed by atoms with Crippen molar-refractivity contribution in [1.82, 2.24) is 0 Å². The first-order chi connectivity index (χ1) is 41.9. The number of benzene rings is 9. The zero-order valence-corrected chi connectivity index (χ0v) is 53.7. The average molecular weight is 1130 g/mol. The van der Waals surface area contributed by atoms with Gasteiger partial charge in [-0.1, -0.05) is 285 Å². The number of hydrogen-bond acceptors (Lipinski definition) is 2. The summed E-state index contributed by atoms with van der Waals surface area (Å²) in [5.74, 6) is 0. The van der Waals surface area contributed by atoms with E-state index in [-0.39, 0.29) is 17.5 Å². The number of nitrogens with zero attached hydrogens (tertiary/aromatic N) is 2. The van der Waals surface area contributed by atoms with Gasteiger partial charge in [0.2, 0.25) is 0 Å². The molecule has 2 heterocycles. The zero-order valence-electron chi connectivity index (χ0n) is 53.7. The second-order valence-electron chi connectivity index (χ2n) is 27.2. The lowest BCUT2D eigenvalue weighted by molar-refractivity contribution is 0.590. The van der Waals surface area contributed by atoms with Crippen LogP contribution in [0.1, 0.15) is 186 Å². The van der Waals surface area contributed by atoms with Gasteiger partial charge in [0.05, 0.1) is 11.4 Å². The van der Waals surface area contributed by atoms with E-state index in [9.17, 15) is 0 Å². The third kappa shape index (κ3) is 13.0. The minimum absolute atomic E-state index is 0.0169. The molecular formula is C83H95BN2. The number of aryl methyl sites for hydroxylation is 3. The first kappa shape index (κ1) is 60.3. The summed E-state index contributed by atoms with van der Waals surface area (Å²) in [6.07, 6.45) is 21.8. The predicted octanol–water partition coefficient (Wildman–Crippen LogP) is 22.6. The lowest BCUT2D eigenvalue weighted by Crippen LogP contribution is -2.61. The van der Waals surface area contributed by atoms with Gasteiger partial charge in [0, 0.05) is 45.0 Å². The second-order valence-corrected chi connectivity index (χ2v) is 27.2. The Hall–Kier alpha value is -7.36. The van der Waals surface area contributed by atoms with Crippen LogP contribution in [0.3, 0.4) is 0 Å². The molecule has 0 bridgehead atoms. The molecule has 0 radical (unpaired) electrons. The highest BCUT2D eigenvalue weighted by molar-refractivity contribution is 7.00. The molecule has 3 heteroatoms. The maximum Gasteiger partial charge on any atom is 0.252 e. The maximum absolute atomic E-state index is 2.80. The Morgan fingerprint density at radius 1 is 0.302 bits per heavy atom. The van der Waals surface area contributed by atoms with Gasteiger partial charge in [-0.2, -0.15) is 0 Å². The molecule has 0 saturated heterocycles. The van der Waals surface area contributed by atoms with Gasteiger partial charge in [0.25, 0.3) is 6.71 Å². The molecular weight excluding hydrogens is 1040 g/mol. The van der Waals surface area contributed by atoms with Crippen LogP contribution in [0.4, 0.5) is 34.1 Å². The van der Waals surface area contributed by atoms with Crippen molar-refractivity contribution in [2.45, 2.75) is 189 Å². The van der Waals surface area contributed by atoms with E-state index < -0.39 is 0 Å². The molecule has 2 aliphatic rings. The summed E-state index contributed by atoms with van der Waals surface area (Å²) in [5, 5.41) is 0. The van der Waals surface area contributed by atoms with Gasteiger partial charge in [-0.25, -0.2) is 0 Å². The van der Waals surface area contributed by atoms with Crippen LogP contribution >= 0.6 is 0 Å². The first-order valence-corrected chi connectivity index (χ1v) is 33.5. The van der Waals surface area contributed by atoms with Crippen molar-refractivity contribution in [1.29, 1.82) is 0 Å². The van der Waals surface area contributed by atoms with Crippen molar-refractivity contribution in [2.75, 3.05) is 9.80 Å². The van der Waals surface area contributed by atoms with Crippen molar-refractivity contribution in [3.05, 3.63) is 222 Å². The quantitative estimate of drug-likeness (QED) is 0.0439. The van der Waals surface area contributed by atoms with Crippen molar-refractivity contribution < 1.29 is 0 Å². The number of hydrogen-bond donors (Lipinski definition) is 0. The minimum Gasteiger partial charge on any atom is -0.310 e. The standard InChI is InChI=1S/C83H95BN2/c1-10-13-16-19-26-37-60-48-50-73-75(52-60)85(80-69(63-40-29-22-30-41-63)56-67(82(4,5)6)57-70(80)64-42-31-23-32-43-64)77-54-62(39-28-21-18-15-12-3)55-78-79(77)84(73)74-51-49-61(38-27-20-17-14-11-2)53-76(74)86(78)81-71(65-44-33-24-34-45-65)58-68(83(7,8)9)59-72(81)66-46-35-25-36-47-66/h22-25,29-36,40-59H,10-21,26-28,37-39H2,1-9H3. The van der Waals surface area contributed by atoms with E-state index in [1.165, 1.54) is 213 Å². The lowest BCUT2D eigenvalue weighted by Gasteiger charge is -2.46. The summed E-state index contributed by atoms with van der Waals surface area (Å²) in [7, 11) is 0. The third-order valence-electron chi connectivity index (χ3n) is 18.7. The van der Waals surface area contributed by atoms with Crippen LogP contribution in [0.2, 0.25) is 0 Å². The van der Waals surface area contributed by atoms with Crippen LogP contribution in [0.5, 0.6) is 0 Å². The molecule has 0 saturated carbocycles. The Labute approximate surface area is 519 Å². The highest BCUT2D eigenvalue weighted by Crippen LogP contribution is 2.54. The molecule has 0 N–H and O–H groups in total. The highest BCUT2D eigenvalue weighted by Gasteiger charge is 2.46. The fraction of sp³-hybridized carbons (Fsp3) is 0.349. The molecule has 0 spiro atoms. The van der Waals surface area contributed by atoms with Crippen LogP contribution in [0, 0.1) is 0 Å². The Balaban J connectivity index is 1.29. The van der Waals surface area contributed by atoms with Crippen LogP contribution in [0.25, 0.3) is 44.5 Å². The fourth-order valence-electron chi connectivity index (χ4n) is 13.8. The molecule has 0 amide bonds. The summed E-state index contributed by atoms with van der Waals surface area (Å²) in [5.41, 5.74) is 28.5. The molecule has 11 rings (SSSR count). The number of rotatable bonds is 24. The fourth-order valence-corrected chi connectivity index (χ4v) is 13.8. The molecule has 0 atom stereocenters. The summed E-state index contributed by atoms with van der Waals surface area (Å²) in [6.45, 7) is 21.2. The van der Waals surface area contributed by atoms with E-state index in [4.69, 9.17) is 0 Å². The van der Waals surface area contributed by atoms with E-state index in [1.807, 2.05) is 0 Å². The average Bonchev–Trinajstić information content (AvgIpc) is 0.713. The van der Waals surface area contributed by atoms with Crippen LogP contribution in [-0.4, -0.2) is 6.71 Å². The third-order valence-corrected chi connectivity index (χ3v) is 18.7. The molecule has 2 nitrogen and oxygen atoms in total. The summed E-state index contributed by atoms with van der Waals surface area (Å²) < 4.78 is 0. The van der Waals surface area contributed by atoms with Crippen molar-refractivity contribution in [3.63, 3.8) is 0 Å². The van der Waals surface area contributed by atoms with E-state index >= 15 is 0 Å². The van der Waals surface area contributed by atoms with Gasteiger partial charge in [0.1, 0.15) is 0 Å². The topological polar surface area (TPSA) is 6.48 Å². The van der Waals surface area contributed by atoms with Crippen molar-refractivity contribution in [2.24, 2.45) is 0 Å². The first-order valence-electron chi connectivity index (χ1n) is 33.5. The number of unbranched alkanes of at least 4 members (excludes halogenated alkanes) is 12. The summed E-state index contributed by atoms with van der Waals surface area (Å²) >= 11 is 0. The molecule has 440 valence electrons. The van der Waals surface area contributed by atoms with Gasteiger partial charge in [0.15, 0.2) is 0 Å². The molecule has 9 aromatic rings. The Bertz CT molecular complexity index is 3360. The predicted molar refractivity (Wildman–Crippen MR) is 377 cm³/mol. The van der Waals surface area contributed by atoms with Gasteiger partial charge in [-0.3, -0.25) is 0 Å². The Morgan fingerprint density at radius 2 is 0.593 bits per heavy atom. The normalized spacial score (nSPS) is 12.8. The zero-order chi connectivity index (χ0) is 59.8. The van der Waals surface area contributed by atoms with E-state index in [0.717, 1.165) is 25.7 Å². The maximum atomic E-state index is 2.80. The van der Waals surface area contributed by atoms with E-state index in [1.54, 1.807) is 0 Å². The number of anilines is 6. The molecule has 86 heavy (non-hydrogen) atoms. The largest absolute Gasteiger partial charge is 0.310 e. The second kappa shape index (κ2) is 27.1. The van der Waals surface area contributed by atoms with Crippen molar-refractivity contribution in [3.8, 4) is 44.5 Å². The monoisotopic (exact) mass is 1130 g/mol. The van der Waals surface area contributed by atoms with Crippen LogP contribution in [0.15, 0.2) is 194 Å².